The van der Waals surface area contributed by atoms with Crippen LogP contribution in [0.15, 0.2) is 54.9 Å². The van der Waals surface area contributed by atoms with Crippen molar-refractivity contribution >= 4 is 17.8 Å². The van der Waals surface area contributed by atoms with Gasteiger partial charge in [-0.1, -0.05) is 30.3 Å². The van der Waals surface area contributed by atoms with Crippen molar-refractivity contribution in [1.82, 2.24) is 20.6 Å². The first-order valence-corrected chi connectivity index (χ1v) is 14.0. The van der Waals surface area contributed by atoms with Crippen LogP contribution in [0, 0.1) is 0 Å². The molecule has 228 valence electrons. The van der Waals surface area contributed by atoms with E-state index in [0.717, 1.165) is 30.7 Å². The lowest BCUT2D eigenvalue weighted by atomic mass is 9.83. The summed E-state index contributed by atoms with van der Waals surface area (Å²) >= 11 is 0. The van der Waals surface area contributed by atoms with Crippen LogP contribution in [0.5, 0.6) is 0 Å². The molecule has 0 bridgehead atoms. The summed E-state index contributed by atoms with van der Waals surface area (Å²) in [4.78, 5) is 36.0. The van der Waals surface area contributed by atoms with Gasteiger partial charge < -0.3 is 25.0 Å². The first-order chi connectivity index (χ1) is 20.2. The van der Waals surface area contributed by atoms with Crippen LogP contribution in [0.25, 0.3) is 11.1 Å². The van der Waals surface area contributed by atoms with Crippen LogP contribution < -0.4 is 15.5 Å². The van der Waals surface area contributed by atoms with Gasteiger partial charge in [-0.15, -0.1) is 0 Å². The minimum atomic E-state index is -4.54. The highest BCUT2D eigenvalue weighted by molar-refractivity contribution is 5.92. The second-order valence-corrected chi connectivity index (χ2v) is 11.9. The zero-order valence-corrected chi connectivity index (χ0v) is 24.4. The minimum Gasteiger partial charge on any atom is -0.444 e. The summed E-state index contributed by atoms with van der Waals surface area (Å²) in [5.74, 6) is 0.246. The zero-order chi connectivity index (χ0) is 31.0. The molecule has 3 heterocycles. The number of carbonyl (C=O) groups is 2. The molecule has 0 saturated carbocycles. The SMILES string of the molecule is C[C@@H](NC(=O)c1cncc(N2CCC23COC3)n1)c1ccc(-c2cc(C(F)(F)F)ccc2CNC(=O)OC(C)(C)C)cc1. The number of anilines is 1. The molecule has 5 rings (SSSR count). The highest BCUT2D eigenvalue weighted by atomic mass is 19.4. The lowest BCUT2D eigenvalue weighted by Crippen LogP contribution is -2.71. The maximum atomic E-state index is 13.6. The molecule has 2 aromatic carbocycles. The van der Waals surface area contributed by atoms with E-state index in [1.54, 1.807) is 58.2 Å². The Morgan fingerprint density at radius 1 is 1.09 bits per heavy atom. The molecule has 43 heavy (non-hydrogen) atoms. The van der Waals surface area contributed by atoms with Crippen LogP contribution in [0.1, 0.15) is 67.3 Å². The molecule has 2 saturated heterocycles. The van der Waals surface area contributed by atoms with Gasteiger partial charge in [-0.05, 0) is 68.5 Å². The number of alkyl carbamates (subject to hydrolysis) is 1. The first-order valence-electron chi connectivity index (χ1n) is 14.0. The monoisotopic (exact) mass is 597 g/mol. The van der Waals surface area contributed by atoms with E-state index in [2.05, 4.69) is 25.5 Å². The average molecular weight is 598 g/mol. The zero-order valence-electron chi connectivity index (χ0n) is 24.4. The van der Waals surface area contributed by atoms with Crippen LogP contribution in [-0.4, -0.2) is 52.9 Å². The van der Waals surface area contributed by atoms with E-state index in [-0.39, 0.29) is 17.8 Å². The molecule has 2 aliphatic rings. The minimum absolute atomic E-state index is 0.0255. The van der Waals surface area contributed by atoms with Gasteiger partial charge in [0.1, 0.15) is 17.1 Å². The fourth-order valence-corrected chi connectivity index (χ4v) is 5.09. The van der Waals surface area contributed by atoms with Crippen LogP contribution >= 0.6 is 0 Å². The fraction of sp³-hybridized carbons (Fsp3) is 0.419. The van der Waals surface area contributed by atoms with Gasteiger partial charge in [0, 0.05) is 13.1 Å². The van der Waals surface area contributed by atoms with E-state index in [1.807, 2.05) is 0 Å². The Morgan fingerprint density at radius 2 is 1.81 bits per heavy atom. The Morgan fingerprint density at radius 3 is 2.40 bits per heavy atom. The molecule has 0 radical (unpaired) electrons. The maximum absolute atomic E-state index is 13.6. The number of alkyl halides is 3. The average Bonchev–Trinajstić information content (AvgIpc) is 2.89. The molecule has 0 unspecified atom stereocenters. The summed E-state index contributed by atoms with van der Waals surface area (Å²) in [6, 6.07) is 9.85. The van der Waals surface area contributed by atoms with E-state index < -0.39 is 35.4 Å². The van der Waals surface area contributed by atoms with Crippen LogP contribution in [0.3, 0.4) is 0 Å². The smallest absolute Gasteiger partial charge is 0.416 e. The number of ether oxygens (including phenoxy) is 2. The van der Waals surface area contributed by atoms with Gasteiger partial charge >= 0.3 is 12.3 Å². The molecule has 0 aliphatic carbocycles. The predicted octanol–water partition coefficient (Wildman–Crippen LogP) is 5.66. The third-order valence-corrected chi connectivity index (χ3v) is 7.57. The number of benzene rings is 2. The molecule has 1 atom stereocenters. The summed E-state index contributed by atoms with van der Waals surface area (Å²) in [5.41, 5.74) is 0.717. The van der Waals surface area contributed by atoms with Crippen molar-refractivity contribution in [3.63, 3.8) is 0 Å². The summed E-state index contributed by atoms with van der Waals surface area (Å²) in [5, 5.41) is 5.53. The van der Waals surface area contributed by atoms with Crippen LogP contribution in [-0.2, 0) is 22.2 Å². The molecule has 12 heteroatoms. The van der Waals surface area contributed by atoms with Crippen LogP contribution in [0.4, 0.5) is 23.8 Å². The van der Waals surface area contributed by atoms with E-state index in [4.69, 9.17) is 9.47 Å². The van der Waals surface area contributed by atoms with Crippen LogP contribution in [0.2, 0.25) is 0 Å². The normalized spacial score (nSPS) is 16.6. The maximum Gasteiger partial charge on any atom is 0.416 e. The summed E-state index contributed by atoms with van der Waals surface area (Å²) in [6.45, 7) is 9.05. The number of carbonyl (C=O) groups excluding carboxylic acids is 2. The van der Waals surface area contributed by atoms with Gasteiger partial charge in [0.25, 0.3) is 5.91 Å². The highest BCUT2D eigenvalue weighted by Gasteiger charge is 2.51. The van der Waals surface area contributed by atoms with Crippen molar-refractivity contribution in [1.29, 1.82) is 0 Å². The van der Waals surface area contributed by atoms with Gasteiger partial charge in [-0.3, -0.25) is 9.78 Å². The number of nitrogens with one attached hydrogen (secondary N) is 2. The highest BCUT2D eigenvalue weighted by Crippen LogP contribution is 2.40. The third-order valence-electron chi connectivity index (χ3n) is 7.57. The molecule has 9 nitrogen and oxygen atoms in total. The molecule has 2 fully saturated rings. The van der Waals surface area contributed by atoms with Crippen molar-refractivity contribution in [3.05, 3.63) is 77.2 Å². The largest absolute Gasteiger partial charge is 0.444 e. The number of aromatic nitrogens is 2. The van der Waals surface area contributed by atoms with Gasteiger partial charge in [0.05, 0.1) is 42.8 Å². The summed E-state index contributed by atoms with van der Waals surface area (Å²) in [6.07, 6.45) is -1.13. The van der Waals surface area contributed by atoms with E-state index >= 15 is 0 Å². The van der Waals surface area contributed by atoms with Gasteiger partial charge in [-0.25, -0.2) is 9.78 Å². The number of amides is 2. The Balaban J connectivity index is 1.29. The van der Waals surface area contributed by atoms with E-state index in [1.165, 1.54) is 12.3 Å². The van der Waals surface area contributed by atoms with Crippen molar-refractivity contribution in [2.45, 2.75) is 64.0 Å². The Bertz CT molecular complexity index is 1490. The van der Waals surface area contributed by atoms with Gasteiger partial charge in [0.15, 0.2) is 0 Å². The Hall–Kier alpha value is -4.19. The van der Waals surface area contributed by atoms with Crippen molar-refractivity contribution in [2.75, 3.05) is 24.7 Å². The van der Waals surface area contributed by atoms with Crippen molar-refractivity contribution in [3.8, 4) is 11.1 Å². The third kappa shape index (κ3) is 6.74. The molecule has 1 spiro atoms. The second kappa shape index (κ2) is 11.5. The van der Waals surface area contributed by atoms with Crippen molar-refractivity contribution < 1.29 is 32.2 Å². The molecule has 1 aromatic heterocycles. The molecule has 2 amide bonds. The topological polar surface area (TPSA) is 106 Å². The predicted molar refractivity (Wildman–Crippen MR) is 153 cm³/mol. The lowest BCUT2D eigenvalue weighted by molar-refractivity contribution is -0.137. The summed E-state index contributed by atoms with van der Waals surface area (Å²) < 4.78 is 51.3. The number of hydrogen-bond donors (Lipinski definition) is 2. The molecule has 2 N–H and O–H groups in total. The fourth-order valence-electron chi connectivity index (χ4n) is 5.09. The Kier molecular flexibility index (Phi) is 8.08. The molecule has 2 aliphatic heterocycles. The van der Waals surface area contributed by atoms with Crippen molar-refractivity contribution in [2.24, 2.45) is 0 Å². The number of halogens is 3. The Labute approximate surface area is 247 Å². The molecular formula is C31H34F3N5O4. The van der Waals surface area contributed by atoms with Gasteiger partial charge in [0.2, 0.25) is 0 Å². The number of nitrogens with zero attached hydrogens (tertiary/aromatic N) is 3. The molecule has 3 aromatic rings. The number of hydrogen-bond acceptors (Lipinski definition) is 7. The number of rotatable bonds is 7. The lowest BCUT2D eigenvalue weighted by Gasteiger charge is -2.58. The summed E-state index contributed by atoms with van der Waals surface area (Å²) in [7, 11) is 0. The quantitative estimate of drug-likeness (QED) is 0.362. The molecular weight excluding hydrogens is 563 g/mol. The first kappa shape index (κ1) is 30.3. The second-order valence-electron chi connectivity index (χ2n) is 11.9. The standard InChI is InChI=1S/C31H34F3N5O4/c1-19(37-27(40)25-15-35-16-26(38-25)39-12-11-30(39)17-42-18-30)20-5-7-21(8-6-20)24-13-23(31(32,33)34)10-9-22(24)14-36-28(41)43-29(2,3)4/h5-10,13,15-16,19H,11-12,14,17-18H2,1-4H3,(H,36,41)(H,37,40)/t19-/m1/s1. The van der Waals surface area contributed by atoms with E-state index in [9.17, 15) is 22.8 Å². The van der Waals surface area contributed by atoms with E-state index in [0.29, 0.717) is 35.7 Å². The van der Waals surface area contributed by atoms with Gasteiger partial charge in [-0.2, -0.15) is 13.2 Å².